The summed E-state index contributed by atoms with van der Waals surface area (Å²) in [5.74, 6) is -5.46. The minimum absolute atomic E-state index is 0.0899. The Labute approximate surface area is 414 Å². The molecular weight excluding hydrogens is 1020 g/mol. The lowest BCUT2D eigenvalue weighted by Crippen LogP contribution is -2.33. The van der Waals surface area contributed by atoms with Gasteiger partial charge in [0.25, 0.3) is 23.6 Å². The molecule has 0 saturated carbocycles. The highest BCUT2D eigenvalue weighted by molar-refractivity contribution is 6.35. The van der Waals surface area contributed by atoms with Gasteiger partial charge in [0, 0.05) is 32.5 Å². The lowest BCUT2D eigenvalue weighted by Gasteiger charge is -2.18. The summed E-state index contributed by atoms with van der Waals surface area (Å²) in [6.45, 7) is 5.59. The Hall–Kier alpha value is -6.74. The Kier molecular flexibility index (Phi) is 17.6. The monoisotopic (exact) mass is 1050 g/mol. The number of carbonyl (C=O) groups excluding carboxylic acids is 6. The van der Waals surface area contributed by atoms with Crippen LogP contribution in [0.4, 0.5) is 60.5 Å². The fourth-order valence-corrected chi connectivity index (χ4v) is 7.37. The average Bonchev–Trinajstić information content (AvgIpc) is 3.26. The zero-order valence-corrected chi connectivity index (χ0v) is 39.7. The minimum Gasteiger partial charge on any atom is -0.323 e. The Bertz CT molecular complexity index is 2770. The van der Waals surface area contributed by atoms with Crippen LogP contribution in [0, 0.1) is 0 Å². The SMILES string of the molecule is CCc1cc(NC(=O)C(N=Nc2cc(Cl)cc(C(=O)Nc3c(Cl)cccc3C(F)(F)F)c2)C(C)=O)c(CC)cc1NC(=O)C(N=Nc1cc(Cl)cc(C(=O)Nc2c(Cl)cccc2C(F)(F)F)c1)C(C)=O. The van der Waals surface area contributed by atoms with Gasteiger partial charge in [-0.25, -0.2) is 0 Å². The standard InChI is InChI=1S/C46H36Cl4F6N8O6/c1-5-23-17-36(58-44(70)38(22(4)66)64-62-30-16-26(14-28(48)20-30)42(68)60-40-32(46(54,55)56)10-8-12-34(40)50)24(6-2)18-35(23)57-43(69)37(21(3)65)63-61-29-15-25(13-27(47)19-29)41(67)59-39-31(45(51,52)53)9-7-11-33(39)49/h7-20,37-38H,5-6H2,1-4H3,(H,57,69)(H,58,70)(H,59,67)(H,60,68). The van der Waals surface area contributed by atoms with Crippen molar-refractivity contribution < 1.29 is 55.1 Å². The van der Waals surface area contributed by atoms with Gasteiger partial charge in [-0.05, 0) is 111 Å². The molecule has 0 aliphatic carbocycles. The smallest absolute Gasteiger partial charge is 0.323 e. The minimum atomic E-state index is -4.85. The maximum Gasteiger partial charge on any atom is 0.418 e. The first kappa shape index (κ1) is 54.2. The van der Waals surface area contributed by atoms with Crippen LogP contribution in [0.25, 0.3) is 0 Å². The molecule has 5 rings (SSSR count). The molecule has 0 fully saturated rings. The molecule has 0 heterocycles. The van der Waals surface area contributed by atoms with Crippen molar-refractivity contribution in [2.45, 2.75) is 65.0 Å². The van der Waals surface area contributed by atoms with Gasteiger partial charge in [-0.3, -0.25) is 28.8 Å². The van der Waals surface area contributed by atoms with E-state index in [9.17, 15) is 55.1 Å². The molecule has 0 radical (unpaired) electrons. The number of benzene rings is 5. The summed E-state index contributed by atoms with van der Waals surface area (Å²) in [5.41, 5.74) is -3.25. The van der Waals surface area contributed by atoms with Crippen molar-refractivity contribution in [3.63, 3.8) is 0 Å². The molecule has 2 atom stereocenters. The zero-order chi connectivity index (χ0) is 51.8. The van der Waals surface area contributed by atoms with E-state index >= 15 is 0 Å². The number of rotatable bonds is 16. The van der Waals surface area contributed by atoms with Crippen LogP contribution >= 0.6 is 46.4 Å². The lowest BCUT2D eigenvalue weighted by atomic mass is 10.0. The van der Waals surface area contributed by atoms with Gasteiger partial charge in [-0.1, -0.05) is 72.4 Å². The molecular formula is C46H36Cl4F6N8O6. The summed E-state index contributed by atoms with van der Waals surface area (Å²) in [7, 11) is 0. The second kappa shape index (κ2) is 22.8. The number of alkyl halides is 6. The van der Waals surface area contributed by atoms with Crippen molar-refractivity contribution in [2.75, 3.05) is 21.3 Å². The summed E-state index contributed by atoms with van der Waals surface area (Å²) < 4.78 is 81.8. The average molecular weight is 1050 g/mol. The number of Topliss-reactive ketones (excluding diaryl/α,β-unsaturated/α-hetero) is 2. The molecule has 0 aromatic heterocycles. The number of amides is 4. The first-order chi connectivity index (χ1) is 32.8. The highest BCUT2D eigenvalue weighted by Gasteiger charge is 2.36. The predicted molar refractivity (Wildman–Crippen MR) is 252 cm³/mol. The number of para-hydroxylation sites is 2. The van der Waals surface area contributed by atoms with Crippen LogP contribution in [0.5, 0.6) is 0 Å². The first-order valence-corrected chi connectivity index (χ1v) is 21.9. The van der Waals surface area contributed by atoms with Crippen molar-refractivity contribution in [1.29, 1.82) is 0 Å². The number of nitrogens with zero attached hydrogens (tertiary/aromatic N) is 4. The summed E-state index contributed by atoms with van der Waals surface area (Å²) >= 11 is 24.3. The van der Waals surface area contributed by atoms with Crippen LogP contribution in [-0.2, 0) is 44.4 Å². The molecule has 4 N–H and O–H groups in total. The maximum atomic E-state index is 13.6. The number of hydrogen-bond donors (Lipinski definition) is 4. The van der Waals surface area contributed by atoms with Gasteiger partial charge in [0.15, 0.2) is 11.6 Å². The largest absolute Gasteiger partial charge is 0.418 e. The van der Waals surface area contributed by atoms with E-state index in [1.54, 1.807) is 13.8 Å². The van der Waals surface area contributed by atoms with Crippen molar-refractivity contribution >= 4 is 116 Å². The van der Waals surface area contributed by atoms with Gasteiger partial charge in [0.2, 0.25) is 12.1 Å². The summed E-state index contributed by atoms with van der Waals surface area (Å²) in [6.07, 6.45) is -9.19. The van der Waals surface area contributed by atoms with Gasteiger partial charge in [0.1, 0.15) is 0 Å². The molecule has 5 aromatic carbocycles. The number of carbonyl (C=O) groups is 6. The molecule has 2 unspecified atom stereocenters. The van der Waals surface area contributed by atoms with E-state index in [1.807, 2.05) is 0 Å². The Balaban J connectivity index is 1.33. The molecule has 4 amide bonds. The number of anilines is 4. The highest BCUT2D eigenvalue weighted by Crippen LogP contribution is 2.40. The predicted octanol–water partition coefficient (Wildman–Crippen LogP) is 13.3. The molecule has 14 nitrogen and oxygen atoms in total. The Morgan fingerprint density at radius 3 is 1.20 bits per heavy atom. The normalized spacial score (nSPS) is 12.7. The molecule has 0 aliphatic rings. The van der Waals surface area contributed by atoms with Gasteiger partial charge in [0.05, 0.1) is 43.9 Å². The Morgan fingerprint density at radius 1 is 0.529 bits per heavy atom. The summed E-state index contributed by atoms with van der Waals surface area (Å²) in [6, 6.07) is 12.4. The van der Waals surface area contributed by atoms with Gasteiger partial charge in [-0.15, -0.1) is 0 Å². The Morgan fingerprint density at radius 2 is 0.886 bits per heavy atom. The first-order valence-electron chi connectivity index (χ1n) is 20.4. The quantitative estimate of drug-likeness (QED) is 0.0430. The van der Waals surface area contributed by atoms with E-state index in [1.165, 1.54) is 24.3 Å². The van der Waals surface area contributed by atoms with Crippen molar-refractivity contribution in [3.8, 4) is 0 Å². The molecule has 0 aliphatic heterocycles. The van der Waals surface area contributed by atoms with Crippen LogP contribution in [-0.4, -0.2) is 47.3 Å². The van der Waals surface area contributed by atoms with E-state index in [0.717, 1.165) is 74.5 Å². The second-order valence-electron chi connectivity index (χ2n) is 14.9. The second-order valence-corrected chi connectivity index (χ2v) is 16.6. The van der Waals surface area contributed by atoms with Crippen LogP contribution < -0.4 is 21.3 Å². The van der Waals surface area contributed by atoms with Crippen LogP contribution in [0.2, 0.25) is 20.1 Å². The van der Waals surface area contributed by atoms with E-state index in [4.69, 9.17) is 46.4 Å². The summed E-state index contributed by atoms with van der Waals surface area (Å²) in [5, 5.41) is 24.2. The number of azo groups is 2. The molecule has 70 heavy (non-hydrogen) atoms. The van der Waals surface area contributed by atoms with Crippen molar-refractivity contribution in [2.24, 2.45) is 20.5 Å². The zero-order valence-electron chi connectivity index (χ0n) is 36.7. The topological polar surface area (TPSA) is 200 Å². The third-order valence-corrected chi connectivity index (χ3v) is 10.9. The number of aryl methyl sites for hydroxylation is 2. The van der Waals surface area contributed by atoms with Gasteiger partial charge in [-0.2, -0.15) is 46.8 Å². The number of nitrogens with one attached hydrogen (secondary N) is 4. The number of hydrogen-bond acceptors (Lipinski definition) is 10. The van der Waals surface area contributed by atoms with Crippen LogP contribution in [0.3, 0.4) is 0 Å². The molecule has 24 heteroatoms. The summed E-state index contributed by atoms with van der Waals surface area (Å²) in [4.78, 5) is 78.8. The van der Waals surface area contributed by atoms with E-state index in [-0.39, 0.29) is 66.8 Å². The van der Waals surface area contributed by atoms with Crippen molar-refractivity contribution in [3.05, 3.63) is 138 Å². The highest BCUT2D eigenvalue weighted by atomic mass is 35.5. The molecule has 366 valence electrons. The number of ketones is 2. The fraction of sp³-hybridized carbons (Fsp3) is 0.217. The van der Waals surface area contributed by atoms with Gasteiger partial charge >= 0.3 is 12.4 Å². The number of halogens is 10. The van der Waals surface area contributed by atoms with Crippen LogP contribution in [0.1, 0.15) is 70.7 Å². The molecule has 5 aromatic rings. The third kappa shape index (κ3) is 13.7. The van der Waals surface area contributed by atoms with E-state index < -0.39 is 82.1 Å². The van der Waals surface area contributed by atoms with Crippen LogP contribution in [0.15, 0.2) is 105 Å². The van der Waals surface area contributed by atoms with E-state index in [0.29, 0.717) is 11.1 Å². The lowest BCUT2D eigenvalue weighted by molar-refractivity contribution is -0.137. The van der Waals surface area contributed by atoms with E-state index in [2.05, 4.69) is 41.7 Å². The maximum absolute atomic E-state index is 13.6. The molecule has 0 spiro atoms. The fourth-order valence-electron chi connectivity index (χ4n) is 6.47. The third-order valence-electron chi connectivity index (χ3n) is 9.86. The molecule has 0 bridgehead atoms. The van der Waals surface area contributed by atoms with Crippen molar-refractivity contribution in [1.82, 2.24) is 0 Å². The van der Waals surface area contributed by atoms with Gasteiger partial charge < -0.3 is 21.3 Å². The molecule has 0 saturated heterocycles.